The van der Waals surface area contributed by atoms with Gasteiger partial charge in [0.2, 0.25) is 5.89 Å². The maximum atomic E-state index is 12.2. The smallest absolute Gasteiger partial charge is 0.338 e. The number of hydrogen-bond acceptors (Lipinski definition) is 7. The van der Waals surface area contributed by atoms with Gasteiger partial charge in [0.15, 0.2) is 18.1 Å². The third-order valence-corrected chi connectivity index (χ3v) is 4.00. The summed E-state index contributed by atoms with van der Waals surface area (Å²) >= 11 is 6.13. The van der Waals surface area contributed by atoms with Gasteiger partial charge in [0.25, 0.3) is 5.89 Å². The number of carbonyl (C=O) groups is 1. The minimum Gasteiger partial charge on any atom is -0.493 e. The van der Waals surface area contributed by atoms with Crippen LogP contribution in [0.2, 0.25) is 5.02 Å². The maximum Gasteiger partial charge on any atom is 0.338 e. The molecule has 0 N–H and O–H groups in total. The molecule has 0 fully saturated rings. The van der Waals surface area contributed by atoms with Crippen molar-refractivity contribution in [2.75, 3.05) is 7.11 Å². The van der Waals surface area contributed by atoms with E-state index in [0.29, 0.717) is 28.0 Å². The van der Waals surface area contributed by atoms with E-state index in [-0.39, 0.29) is 19.1 Å². The van der Waals surface area contributed by atoms with E-state index in [0.717, 1.165) is 5.56 Å². The Hall–Kier alpha value is -3.06. The monoisotopic (exact) mass is 388 g/mol. The van der Waals surface area contributed by atoms with Crippen molar-refractivity contribution in [1.29, 1.82) is 0 Å². The van der Waals surface area contributed by atoms with Crippen molar-refractivity contribution in [1.82, 2.24) is 10.2 Å². The molecular formula is C19H17ClN2O5. The molecule has 3 aromatic rings. The first-order valence-electron chi connectivity index (χ1n) is 8.07. The van der Waals surface area contributed by atoms with E-state index in [1.807, 2.05) is 18.2 Å². The molecule has 0 bridgehead atoms. The average Bonchev–Trinajstić information content (AvgIpc) is 3.10. The summed E-state index contributed by atoms with van der Waals surface area (Å²) in [6, 6.07) is 12.2. The van der Waals surface area contributed by atoms with Crippen LogP contribution in [0.25, 0.3) is 0 Å². The molecule has 0 aliphatic heterocycles. The van der Waals surface area contributed by atoms with Gasteiger partial charge in [-0.15, -0.1) is 10.2 Å². The molecule has 0 saturated heterocycles. The van der Waals surface area contributed by atoms with Gasteiger partial charge >= 0.3 is 5.97 Å². The molecule has 8 heteroatoms. The Morgan fingerprint density at radius 2 is 1.93 bits per heavy atom. The summed E-state index contributed by atoms with van der Waals surface area (Å²) < 4.78 is 21.4. The van der Waals surface area contributed by atoms with Gasteiger partial charge in [0, 0.05) is 17.5 Å². The van der Waals surface area contributed by atoms with Crippen LogP contribution >= 0.6 is 11.6 Å². The molecular weight excluding hydrogens is 372 g/mol. The third-order valence-electron chi connectivity index (χ3n) is 3.63. The summed E-state index contributed by atoms with van der Waals surface area (Å²) in [7, 11) is 1.49. The number of carbonyl (C=O) groups excluding carboxylic acids is 1. The molecule has 0 aliphatic carbocycles. The maximum absolute atomic E-state index is 12.2. The highest BCUT2D eigenvalue weighted by Crippen LogP contribution is 2.30. The zero-order valence-corrected chi connectivity index (χ0v) is 15.5. The number of halogens is 1. The van der Waals surface area contributed by atoms with Crippen molar-refractivity contribution in [3.05, 3.63) is 70.4 Å². The minimum atomic E-state index is -0.540. The first-order chi connectivity index (χ1) is 13.1. The van der Waals surface area contributed by atoms with Crippen LogP contribution in [-0.4, -0.2) is 23.3 Å². The topological polar surface area (TPSA) is 83.7 Å². The fourth-order valence-corrected chi connectivity index (χ4v) is 2.48. The molecule has 0 radical (unpaired) electrons. The summed E-state index contributed by atoms with van der Waals surface area (Å²) in [6.07, 6.45) is 0. The second kappa shape index (κ2) is 8.55. The second-order valence-corrected chi connectivity index (χ2v) is 5.94. The van der Waals surface area contributed by atoms with Crippen LogP contribution in [0.3, 0.4) is 0 Å². The Morgan fingerprint density at radius 3 is 2.63 bits per heavy atom. The standard InChI is InChI=1S/C19H17ClN2O5/c1-12-21-22-18(27-12)11-26-19(23)13-7-8-16(17(9-13)24-2)25-10-14-5-3-4-6-15(14)20/h3-9H,10-11H2,1-2H3. The zero-order chi connectivity index (χ0) is 19.2. The molecule has 3 rings (SSSR count). The van der Waals surface area contributed by atoms with Crippen molar-refractivity contribution < 1.29 is 23.4 Å². The van der Waals surface area contributed by atoms with E-state index in [4.69, 9.17) is 30.2 Å². The van der Waals surface area contributed by atoms with Gasteiger partial charge in [-0.3, -0.25) is 0 Å². The molecule has 0 saturated carbocycles. The number of nitrogens with zero attached hydrogens (tertiary/aromatic N) is 2. The van der Waals surface area contributed by atoms with Crippen molar-refractivity contribution in [3.8, 4) is 11.5 Å². The van der Waals surface area contributed by atoms with E-state index < -0.39 is 5.97 Å². The number of esters is 1. The highest BCUT2D eigenvalue weighted by atomic mass is 35.5. The molecule has 0 atom stereocenters. The van der Waals surface area contributed by atoms with E-state index in [9.17, 15) is 4.79 Å². The summed E-state index contributed by atoms with van der Waals surface area (Å²) in [5.74, 6) is 0.990. The molecule has 2 aromatic carbocycles. The van der Waals surface area contributed by atoms with Gasteiger partial charge in [-0.1, -0.05) is 29.8 Å². The molecule has 1 heterocycles. The summed E-state index contributed by atoms with van der Waals surface area (Å²) in [5.41, 5.74) is 1.16. The second-order valence-electron chi connectivity index (χ2n) is 5.54. The van der Waals surface area contributed by atoms with Crippen LogP contribution in [0.5, 0.6) is 11.5 Å². The number of hydrogen-bond donors (Lipinski definition) is 0. The lowest BCUT2D eigenvalue weighted by atomic mass is 10.2. The molecule has 0 spiro atoms. The van der Waals surface area contributed by atoms with Crippen molar-refractivity contribution >= 4 is 17.6 Å². The Morgan fingerprint density at radius 1 is 1.11 bits per heavy atom. The van der Waals surface area contributed by atoms with Crippen molar-refractivity contribution in [2.45, 2.75) is 20.1 Å². The molecule has 1 aromatic heterocycles. The largest absolute Gasteiger partial charge is 0.493 e. The minimum absolute atomic E-state index is 0.104. The Labute approximate surface area is 160 Å². The van der Waals surface area contributed by atoms with Crippen LogP contribution < -0.4 is 9.47 Å². The fourth-order valence-electron chi connectivity index (χ4n) is 2.29. The third kappa shape index (κ3) is 4.77. The predicted molar refractivity (Wildman–Crippen MR) is 96.9 cm³/mol. The first kappa shape index (κ1) is 18.7. The highest BCUT2D eigenvalue weighted by Gasteiger charge is 2.14. The first-order valence-corrected chi connectivity index (χ1v) is 8.45. The Bertz CT molecular complexity index is 941. The molecule has 0 amide bonds. The van der Waals surface area contributed by atoms with Crippen LogP contribution in [0.15, 0.2) is 46.9 Å². The van der Waals surface area contributed by atoms with Gasteiger partial charge < -0.3 is 18.6 Å². The quantitative estimate of drug-likeness (QED) is 0.566. The van der Waals surface area contributed by atoms with E-state index >= 15 is 0 Å². The van der Waals surface area contributed by atoms with E-state index in [2.05, 4.69) is 10.2 Å². The molecule has 0 unspecified atom stereocenters. The lowest BCUT2D eigenvalue weighted by Gasteiger charge is -2.12. The predicted octanol–water partition coefficient (Wildman–Crippen LogP) is 3.98. The lowest BCUT2D eigenvalue weighted by Crippen LogP contribution is -2.06. The van der Waals surface area contributed by atoms with Crippen molar-refractivity contribution in [3.63, 3.8) is 0 Å². The van der Waals surface area contributed by atoms with Crippen LogP contribution in [0, 0.1) is 6.92 Å². The lowest BCUT2D eigenvalue weighted by molar-refractivity contribution is 0.0436. The normalized spacial score (nSPS) is 10.5. The van der Waals surface area contributed by atoms with Gasteiger partial charge in [0.05, 0.1) is 12.7 Å². The molecule has 27 heavy (non-hydrogen) atoms. The van der Waals surface area contributed by atoms with Gasteiger partial charge in [-0.05, 0) is 24.3 Å². The molecule has 7 nitrogen and oxygen atoms in total. The van der Waals surface area contributed by atoms with Crippen LogP contribution in [0.1, 0.15) is 27.7 Å². The highest BCUT2D eigenvalue weighted by molar-refractivity contribution is 6.31. The van der Waals surface area contributed by atoms with Gasteiger partial charge in [0.1, 0.15) is 6.61 Å². The number of ether oxygens (including phenoxy) is 3. The Kier molecular flexibility index (Phi) is 5.93. The van der Waals surface area contributed by atoms with Gasteiger partial charge in [-0.2, -0.15) is 0 Å². The van der Waals surface area contributed by atoms with E-state index in [1.165, 1.54) is 7.11 Å². The Balaban J connectivity index is 1.66. The summed E-state index contributed by atoms with van der Waals surface area (Å²) in [6.45, 7) is 1.83. The number of benzene rings is 2. The van der Waals surface area contributed by atoms with Crippen molar-refractivity contribution in [2.24, 2.45) is 0 Å². The van der Waals surface area contributed by atoms with E-state index in [1.54, 1.807) is 31.2 Å². The van der Waals surface area contributed by atoms with Crippen LogP contribution in [-0.2, 0) is 18.0 Å². The number of aryl methyl sites for hydroxylation is 1. The molecule has 140 valence electrons. The van der Waals surface area contributed by atoms with Crippen LogP contribution in [0.4, 0.5) is 0 Å². The number of rotatable bonds is 7. The summed E-state index contributed by atoms with van der Waals surface area (Å²) in [4.78, 5) is 12.2. The SMILES string of the molecule is COc1cc(C(=O)OCc2nnc(C)o2)ccc1OCc1ccccc1Cl. The number of methoxy groups -OCH3 is 1. The average molecular weight is 389 g/mol. The number of aromatic nitrogens is 2. The fraction of sp³-hybridized carbons (Fsp3) is 0.211. The summed E-state index contributed by atoms with van der Waals surface area (Å²) in [5, 5.41) is 8.06. The molecule has 0 aliphatic rings. The zero-order valence-electron chi connectivity index (χ0n) is 14.8. The van der Waals surface area contributed by atoms with Gasteiger partial charge in [-0.25, -0.2) is 4.79 Å².